The molecule has 0 aliphatic rings. The largest absolute Gasteiger partial charge is 0.325 e. The van der Waals surface area contributed by atoms with Gasteiger partial charge in [-0.1, -0.05) is 11.6 Å². The third kappa shape index (κ3) is 4.29. The molecule has 0 fully saturated rings. The summed E-state index contributed by atoms with van der Waals surface area (Å²) in [5.74, 6) is -0.734. The molecule has 2 N–H and O–H groups in total. The summed E-state index contributed by atoms with van der Waals surface area (Å²) in [4.78, 5) is 15.6. The Morgan fingerprint density at radius 2 is 2.00 bits per heavy atom. The Labute approximate surface area is 121 Å². The molecule has 20 heavy (non-hydrogen) atoms. The molecular weight excluding hydrogens is 281 g/mol. The molecule has 4 nitrogen and oxygen atoms in total. The van der Waals surface area contributed by atoms with Crippen LogP contribution in [0.4, 0.5) is 10.1 Å². The fourth-order valence-corrected chi connectivity index (χ4v) is 1.78. The van der Waals surface area contributed by atoms with Gasteiger partial charge < -0.3 is 10.6 Å². The Balaban J connectivity index is 1.79. The first-order valence-electron chi connectivity index (χ1n) is 5.99. The first kappa shape index (κ1) is 14.4. The molecule has 0 spiro atoms. The van der Waals surface area contributed by atoms with Crippen LogP contribution in [0.3, 0.4) is 0 Å². The van der Waals surface area contributed by atoms with Gasteiger partial charge in [0.25, 0.3) is 0 Å². The standard InChI is InChI=1S/C14H13ClFN3O/c15-12-7-11(1-2-13(12)16)19-14(20)9-18-8-10-3-5-17-6-4-10/h1-7,18H,8-9H2,(H,19,20). The molecule has 104 valence electrons. The molecule has 0 bridgehead atoms. The Hall–Kier alpha value is -1.98. The Bertz CT molecular complexity index is 592. The average molecular weight is 294 g/mol. The highest BCUT2D eigenvalue weighted by Gasteiger charge is 2.05. The van der Waals surface area contributed by atoms with Gasteiger partial charge in [-0.15, -0.1) is 0 Å². The van der Waals surface area contributed by atoms with E-state index in [1.807, 2.05) is 12.1 Å². The van der Waals surface area contributed by atoms with E-state index in [0.717, 1.165) is 5.56 Å². The lowest BCUT2D eigenvalue weighted by atomic mass is 10.2. The zero-order chi connectivity index (χ0) is 14.4. The maximum Gasteiger partial charge on any atom is 0.238 e. The lowest BCUT2D eigenvalue weighted by Gasteiger charge is -2.07. The number of hydrogen-bond acceptors (Lipinski definition) is 3. The molecule has 6 heteroatoms. The molecule has 0 aliphatic carbocycles. The number of halogens is 2. The van der Waals surface area contributed by atoms with Crippen molar-refractivity contribution in [1.29, 1.82) is 0 Å². The minimum absolute atomic E-state index is 0.0208. The fourth-order valence-electron chi connectivity index (χ4n) is 1.60. The summed E-state index contributed by atoms with van der Waals surface area (Å²) in [6, 6.07) is 7.78. The molecule has 0 saturated heterocycles. The zero-order valence-electron chi connectivity index (χ0n) is 10.6. The second-order valence-corrected chi connectivity index (χ2v) is 4.54. The summed E-state index contributed by atoms with van der Waals surface area (Å²) in [6.07, 6.45) is 3.38. The van der Waals surface area contributed by atoms with Crippen molar-refractivity contribution >= 4 is 23.2 Å². The normalized spacial score (nSPS) is 10.3. The van der Waals surface area contributed by atoms with Gasteiger partial charge in [0.05, 0.1) is 11.6 Å². The van der Waals surface area contributed by atoms with Crippen molar-refractivity contribution in [2.24, 2.45) is 0 Å². The third-order valence-corrected chi connectivity index (χ3v) is 2.86. The SMILES string of the molecule is O=C(CNCc1ccncc1)Nc1ccc(F)c(Cl)c1. The summed E-state index contributed by atoms with van der Waals surface area (Å²) in [5, 5.41) is 5.61. The highest BCUT2D eigenvalue weighted by molar-refractivity contribution is 6.31. The maximum atomic E-state index is 13.0. The number of pyridine rings is 1. The van der Waals surface area contributed by atoms with Gasteiger partial charge in [-0.3, -0.25) is 9.78 Å². The van der Waals surface area contributed by atoms with Crippen LogP contribution in [-0.2, 0) is 11.3 Å². The molecule has 1 amide bonds. The molecular formula is C14H13ClFN3O. The number of hydrogen-bond donors (Lipinski definition) is 2. The lowest BCUT2D eigenvalue weighted by molar-refractivity contribution is -0.115. The van der Waals surface area contributed by atoms with E-state index in [4.69, 9.17) is 11.6 Å². The average Bonchev–Trinajstić information content (AvgIpc) is 2.44. The van der Waals surface area contributed by atoms with E-state index in [0.29, 0.717) is 12.2 Å². The van der Waals surface area contributed by atoms with Gasteiger partial charge >= 0.3 is 0 Å². The molecule has 1 heterocycles. The van der Waals surface area contributed by atoms with Crippen LogP contribution in [0, 0.1) is 5.82 Å². The number of nitrogens with one attached hydrogen (secondary N) is 2. The topological polar surface area (TPSA) is 54.0 Å². The molecule has 2 aromatic rings. The molecule has 0 aliphatic heterocycles. The van der Waals surface area contributed by atoms with Crippen molar-refractivity contribution in [3.63, 3.8) is 0 Å². The van der Waals surface area contributed by atoms with Crippen LogP contribution >= 0.6 is 11.6 Å². The minimum atomic E-state index is -0.513. The molecule has 0 unspecified atom stereocenters. The van der Waals surface area contributed by atoms with Gasteiger partial charge in [-0.05, 0) is 35.9 Å². The van der Waals surface area contributed by atoms with Gasteiger partial charge in [-0.2, -0.15) is 0 Å². The fraction of sp³-hybridized carbons (Fsp3) is 0.143. The van der Waals surface area contributed by atoms with Crippen molar-refractivity contribution in [3.8, 4) is 0 Å². The molecule has 2 rings (SSSR count). The molecule has 1 aromatic carbocycles. The van der Waals surface area contributed by atoms with Crippen molar-refractivity contribution in [1.82, 2.24) is 10.3 Å². The molecule has 1 aromatic heterocycles. The number of carbonyl (C=O) groups is 1. The zero-order valence-corrected chi connectivity index (χ0v) is 11.3. The van der Waals surface area contributed by atoms with E-state index < -0.39 is 5.82 Å². The third-order valence-electron chi connectivity index (χ3n) is 2.57. The number of carbonyl (C=O) groups excluding carboxylic acids is 1. The van der Waals surface area contributed by atoms with Gasteiger partial charge in [0.15, 0.2) is 0 Å². The Kier molecular flexibility index (Phi) is 5.03. The predicted octanol–water partition coefficient (Wildman–Crippen LogP) is 2.60. The van der Waals surface area contributed by atoms with Gasteiger partial charge in [0, 0.05) is 24.6 Å². The van der Waals surface area contributed by atoms with E-state index in [9.17, 15) is 9.18 Å². The van der Waals surface area contributed by atoms with Crippen LogP contribution in [0.2, 0.25) is 5.02 Å². The second kappa shape index (κ2) is 6.98. The van der Waals surface area contributed by atoms with Gasteiger partial charge in [0.2, 0.25) is 5.91 Å². The van der Waals surface area contributed by atoms with Crippen LogP contribution in [-0.4, -0.2) is 17.4 Å². The Morgan fingerprint density at radius 1 is 1.25 bits per heavy atom. The van der Waals surface area contributed by atoms with Crippen molar-refractivity contribution in [2.45, 2.75) is 6.54 Å². The number of benzene rings is 1. The maximum absolute atomic E-state index is 13.0. The number of nitrogens with zero attached hydrogens (tertiary/aromatic N) is 1. The first-order valence-corrected chi connectivity index (χ1v) is 6.37. The quantitative estimate of drug-likeness (QED) is 0.891. The van der Waals surface area contributed by atoms with Crippen molar-refractivity contribution in [3.05, 3.63) is 59.1 Å². The highest BCUT2D eigenvalue weighted by atomic mass is 35.5. The van der Waals surface area contributed by atoms with E-state index in [-0.39, 0.29) is 17.5 Å². The van der Waals surface area contributed by atoms with E-state index in [1.54, 1.807) is 12.4 Å². The van der Waals surface area contributed by atoms with E-state index >= 15 is 0 Å². The monoisotopic (exact) mass is 293 g/mol. The Morgan fingerprint density at radius 3 is 2.70 bits per heavy atom. The second-order valence-electron chi connectivity index (χ2n) is 4.14. The molecule has 0 saturated carbocycles. The number of rotatable bonds is 5. The van der Waals surface area contributed by atoms with E-state index in [1.165, 1.54) is 18.2 Å². The summed E-state index contributed by atoms with van der Waals surface area (Å²) in [7, 11) is 0. The van der Waals surface area contributed by atoms with E-state index in [2.05, 4.69) is 15.6 Å². The van der Waals surface area contributed by atoms with Crippen LogP contribution in [0.5, 0.6) is 0 Å². The summed E-state index contributed by atoms with van der Waals surface area (Å²) >= 11 is 5.63. The number of aromatic nitrogens is 1. The number of amides is 1. The first-order chi connectivity index (χ1) is 9.65. The highest BCUT2D eigenvalue weighted by Crippen LogP contribution is 2.19. The lowest BCUT2D eigenvalue weighted by Crippen LogP contribution is -2.27. The van der Waals surface area contributed by atoms with Crippen LogP contribution in [0.25, 0.3) is 0 Å². The molecule has 0 atom stereocenters. The predicted molar refractivity (Wildman–Crippen MR) is 76.0 cm³/mol. The number of anilines is 1. The summed E-state index contributed by atoms with van der Waals surface area (Å²) in [6.45, 7) is 0.720. The van der Waals surface area contributed by atoms with Crippen molar-refractivity contribution < 1.29 is 9.18 Å². The van der Waals surface area contributed by atoms with Gasteiger partial charge in [-0.25, -0.2) is 4.39 Å². The summed E-state index contributed by atoms with van der Waals surface area (Å²) in [5.41, 5.74) is 1.50. The minimum Gasteiger partial charge on any atom is -0.325 e. The van der Waals surface area contributed by atoms with Crippen LogP contribution in [0.15, 0.2) is 42.7 Å². The van der Waals surface area contributed by atoms with Gasteiger partial charge in [0.1, 0.15) is 5.82 Å². The van der Waals surface area contributed by atoms with Crippen LogP contribution in [0.1, 0.15) is 5.56 Å². The smallest absolute Gasteiger partial charge is 0.238 e. The summed E-state index contributed by atoms with van der Waals surface area (Å²) < 4.78 is 13.0. The van der Waals surface area contributed by atoms with Crippen LogP contribution < -0.4 is 10.6 Å². The molecule has 0 radical (unpaired) electrons. The van der Waals surface area contributed by atoms with Crippen molar-refractivity contribution in [2.75, 3.05) is 11.9 Å².